The number of hydrogen-bond donors (Lipinski definition) is 1. The summed E-state index contributed by atoms with van der Waals surface area (Å²) in [6.45, 7) is 1.73. The zero-order valence-electron chi connectivity index (χ0n) is 12.6. The van der Waals surface area contributed by atoms with Crippen LogP contribution in [0.5, 0.6) is 0 Å². The van der Waals surface area contributed by atoms with Crippen LogP contribution in [-0.2, 0) is 4.79 Å². The molecule has 1 heterocycles. The second-order valence-corrected chi connectivity index (χ2v) is 6.09. The molecule has 4 heteroatoms. The number of benzene rings is 2. The van der Waals surface area contributed by atoms with Crippen LogP contribution < -0.4 is 0 Å². The van der Waals surface area contributed by atoms with E-state index in [1.807, 2.05) is 35.8 Å². The first-order valence-electron chi connectivity index (χ1n) is 7.25. The third kappa shape index (κ3) is 3.41. The lowest BCUT2D eigenvalue weighted by Gasteiger charge is -2.10. The second-order valence-electron chi connectivity index (χ2n) is 5.20. The van der Waals surface area contributed by atoms with E-state index in [1.165, 1.54) is 0 Å². The molecule has 114 valence electrons. The first-order valence-corrected chi connectivity index (χ1v) is 8.13. The van der Waals surface area contributed by atoms with Crippen molar-refractivity contribution in [3.63, 3.8) is 0 Å². The molecule has 1 N–H and O–H groups in total. The molecule has 0 saturated carbocycles. The Hall–Kier alpha value is -2.64. The molecule has 0 bridgehead atoms. The number of nitrogens with zero attached hydrogens (tertiary/aromatic N) is 1. The smallest absolute Gasteiger partial charge is 0.304 e. The minimum Gasteiger partial charge on any atom is -0.481 e. The van der Waals surface area contributed by atoms with Gasteiger partial charge in [-0.2, -0.15) is 0 Å². The highest BCUT2D eigenvalue weighted by Crippen LogP contribution is 2.28. The van der Waals surface area contributed by atoms with Crippen LogP contribution in [-0.4, -0.2) is 16.1 Å². The van der Waals surface area contributed by atoms with Crippen molar-refractivity contribution in [2.24, 2.45) is 0 Å². The molecular weight excluding hydrogens is 306 g/mol. The van der Waals surface area contributed by atoms with Gasteiger partial charge in [0.25, 0.3) is 0 Å². The lowest BCUT2D eigenvalue weighted by atomic mass is 9.94. The zero-order valence-corrected chi connectivity index (χ0v) is 13.4. The fourth-order valence-corrected chi connectivity index (χ4v) is 3.26. The highest BCUT2D eigenvalue weighted by Gasteiger charge is 2.13. The monoisotopic (exact) mass is 321 g/mol. The quantitative estimate of drug-likeness (QED) is 0.717. The Morgan fingerprint density at radius 3 is 2.65 bits per heavy atom. The first kappa shape index (κ1) is 15.3. The lowest BCUT2D eigenvalue weighted by molar-refractivity contribution is -0.137. The molecule has 1 aromatic heterocycles. The number of thiazole rings is 1. The number of carboxylic acids is 1. The molecule has 0 aliphatic rings. The molecule has 2 aromatic carbocycles. The highest BCUT2D eigenvalue weighted by molar-refractivity contribution is 7.16. The highest BCUT2D eigenvalue weighted by atomic mass is 32.1. The van der Waals surface area contributed by atoms with Crippen LogP contribution in [0.2, 0.25) is 0 Å². The molecular formula is C19H15NO2S. The van der Waals surface area contributed by atoms with Gasteiger partial charge in [0, 0.05) is 0 Å². The van der Waals surface area contributed by atoms with Crippen molar-refractivity contribution in [3.05, 3.63) is 53.5 Å². The molecule has 1 atom stereocenters. The van der Waals surface area contributed by atoms with E-state index in [0.717, 1.165) is 26.9 Å². The fraction of sp³-hybridized carbons (Fsp3) is 0.158. The molecule has 3 aromatic rings. The van der Waals surface area contributed by atoms with Crippen molar-refractivity contribution in [1.82, 2.24) is 4.98 Å². The van der Waals surface area contributed by atoms with Gasteiger partial charge in [-0.05, 0) is 35.7 Å². The fourth-order valence-electron chi connectivity index (χ4n) is 2.54. The largest absolute Gasteiger partial charge is 0.481 e. The van der Waals surface area contributed by atoms with Gasteiger partial charge in [0.15, 0.2) is 0 Å². The molecule has 0 saturated heterocycles. The van der Waals surface area contributed by atoms with Crippen molar-refractivity contribution in [2.75, 3.05) is 0 Å². The minimum absolute atomic E-state index is 0.0208. The maximum Gasteiger partial charge on any atom is 0.304 e. The summed E-state index contributed by atoms with van der Waals surface area (Å²) in [4.78, 5) is 15.3. The van der Waals surface area contributed by atoms with Crippen molar-refractivity contribution in [2.45, 2.75) is 19.3 Å². The van der Waals surface area contributed by atoms with Crippen molar-refractivity contribution >= 4 is 27.5 Å². The van der Waals surface area contributed by atoms with Gasteiger partial charge in [-0.1, -0.05) is 36.3 Å². The Morgan fingerprint density at radius 2 is 1.96 bits per heavy atom. The van der Waals surface area contributed by atoms with Gasteiger partial charge in [0.05, 0.1) is 28.1 Å². The molecule has 23 heavy (non-hydrogen) atoms. The summed E-state index contributed by atoms with van der Waals surface area (Å²) in [5.74, 6) is 4.69. The summed E-state index contributed by atoms with van der Waals surface area (Å²) >= 11 is 1.62. The zero-order chi connectivity index (χ0) is 16.2. The Morgan fingerprint density at radius 1 is 1.22 bits per heavy atom. The van der Waals surface area contributed by atoms with Crippen LogP contribution >= 0.6 is 11.3 Å². The van der Waals surface area contributed by atoms with E-state index in [-0.39, 0.29) is 12.3 Å². The summed E-state index contributed by atoms with van der Waals surface area (Å²) in [5, 5.41) is 9.01. The van der Waals surface area contributed by atoms with E-state index in [4.69, 9.17) is 5.11 Å². The predicted octanol–water partition coefficient (Wildman–Crippen LogP) is 4.54. The van der Waals surface area contributed by atoms with Crippen molar-refractivity contribution in [1.29, 1.82) is 0 Å². The minimum atomic E-state index is -0.836. The van der Waals surface area contributed by atoms with Crippen LogP contribution in [0.15, 0.2) is 48.0 Å². The Kier molecular flexibility index (Phi) is 4.40. The third-order valence-corrected chi connectivity index (χ3v) is 4.47. The maximum atomic E-state index is 11.0. The van der Waals surface area contributed by atoms with Gasteiger partial charge < -0.3 is 5.11 Å². The molecule has 1 unspecified atom stereocenters. The predicted molar refractivity (Wildman–Crippen MR) is 93.5 cm³/mol. The Labute approximate surface area is 138 Å². The van der Waals surface area contributed by atoms with E-state index in [0.29, 0.717) is 0 Å². The first-order chi connectivity index (χ1) is 11.2. The molecule has 0 aliphatic heterocycles. The van der Waals surface area contributed by atoms with E-state index >= 15 is 0 Å². The van der Waals surface area contributed by atoms with Crippen LogP contribution in [0.1, 0.15) is 24.8 Å². The van der Waals surface area contributed by atoms with Crippen LogP contribution in [0.4, 0.5) is 0 Å². The van der Waals surface area contributed by atoms with Gasteiger partial charge in [0.2, 0.25) is 0 Å². The van der Waals surface area contributed by atoms with Crippen LogP contribution in [0.3, 0.4) is 0 Å². The normalized spacial score (nSPS) is 11.7. The van der Waals surface area contributed by atoms with Crippen LogP contribution in [0.25, 0.3) is 21.3 Å². The molecule has 3 rings (SSSR count). The van der Waals surface area contributed by atoms with Crippen molar-refractivity contribution in [3.8, 4) is 23.0 Å². The number of fused-ring (bicyclic) bond motifs is 1. The Bertz CT molecular complexity index is 900. The van der Waals surface area contributed by atoms with E-state index in [2.05, 4.69) is 29.0 Å². The number of aliphatic carboxylic acids is 1. The molecule has 0 fully saturated rings. The summed E-state index contributed by atoms with van der Waals surface area (Å²) in [5.41, 5.74) is 6.02. The van der Waals surface area contributed by atoms with E-state index in [1.54, 1.807) is 18.3 Å². The average molecular weight is 321 g/mol. The molecule has 0 aliphatic carbocycles. The van der Waals surface area contributed by atoms with Gasteiger partial charge in [0.1, 0.15) is 0 Å². The summed E-state index contributed by atoms with van der Waals surface area (Å²) in [7, 11) is 0. The molecule has 0 amide bonds. The molecule has 0 radical (unpaired) electrons. The Balaban J connectivity index is 1.90. The van der Waals surface area contributed by atoms with E-state index < -0.39 is 5.97 Å². The van der Waals surface area contributed by atoms with Crippen molar-refractivity contribution < 1.29 is 9.90 Å². The number of hydrogen-bond acceptors (Lipinski definition) is 3. The lowest BCUT2D eigenvalue weighted by Crippen LogP contribution is -2.04. The number of carbonyl (C=O) groups is 1. The standard InChI is InChI=1S/C19H15NO2S/c1-2-3-15(11-19(21)22)13-4-6-14(7-5-13)16-8-9-17-18(10-16)23-12-20-17/h4-10,12,15H,11H2,1H3,(H,21,22). The third-order valence-electron chi connectivity index (χ3n) is 3.67. The second kappa shape index (κ2) is 6.64. The average Bonchev–Trinajstić information content (AvgIpc) is 3.02. The van der Waals surface area contributed by atoms with Gasteiger partial charge in [-0.3, -0.25) is 4.79 Å². The summed E-state index contributed by atoms with van der Waals surface area (Å²) in [6.07, 6.45) is 0.0208. The number of rotatable bonds is 4. The van der Waals surface area contributed by atoms with Gasteiger partial charge in [-0.15, -0.1) is 17.3 Å². The maximum absolute atomic E-state index is 11.0. The van der Waals surface area contributed by atoms with E-state index in [9.17, 15) is 4.79 Å². The summed E-state index contributed by atoms with van der Waals surface area (Å²) in [6, 6.07) is 14.2. The molecule has 3 nitrogen and oxygen atoms in total. The SMILES string of the molecule is CC#CC(CC(=O)O)c1ccc(-c2ccc3ncsc3c2)cc1. The molecule has 0 spiro atoms. The number of carboxylic acid groups (broad SMARTS) is 1. The van der Waals surface area contributed by atoms with Gasteiger partial charge in [-0.25, -0.2) is 4.98 Å². The summed E-state index contributed by atoms with van der Waals surface area (Å²) < 4.78 is 1.16. The van der Waals surface area contributed by atoms with Gasteiger partial charge >= 0.3 is 5.97 Å². The number of aromatic nitrogens is 1. The topological polar surface area (TPSA) is 50.2 Å². The van der Waals surface area contributed by atoms with Crippen LogP contribution in [0, 0.1) is 11.8 Å².